The predicted molar refractivity (Wildman–Crippen MR) is 62.0 cm³/mol. The predicted octanol–water partition coefficient (Wildman–Crippen LogP) is 4.61. The van der Waals surface area contributed by atoms with E-state index in [-0.39, 0.29) is 10.2 Å². The van der Waals surface area contributed by atoms with Crippen molar-refractivity contribution in [3.8, 4) is 11.5 Å². The van der Waals surface area contributed by atoms with E-state index in [0.717, 1.165) is 12.1 Å². The molecule has 0 spiro atoms. The van der Waals surface area contributed by atoms with Gasteiger partial charge in [0.2, 0.25) is 0 Å². The van der Waals surface area contributed by atoms with Crippen LogP contribution in [0.3, 0.4) is 0 Å². The van der Waals surface area contributed by atoms with Gasteiger partial charge < -0.3 is 9.47 Å². The lowest BCUT2D eigenvalue weighted by atomic mass is 10.2. The molecule has 1 aromatic rings. The quantitative estimate of drug-likeness (QED) is 0.545. The summed E-state index contributed by atoms with van der Waals surface area (Å²) in [6, 6.07) is 1.67. The fraction of sp³-hybridized carbons (Fsp3) is 0.400. The lowest BCUT2D eigenvalue weighted by molar-refractivity contribution is -0.275. The van der Waals surface area contributed by atoms with E-state index in [1.807, 2.05) is 0 Å². The summed E-state index contributed by atoms with van der Waals surface area (Å²) >= 11 is 1.37. The molecule has 0 amide bonds. The van der Waals surface area contributed by atoms with Gasteiger partial charge in [0, 0.05) is 3.57 Å². The lowest BCUT2D eigenvalue weighted by Crippen LogP contribution is -2.19. The maximum Gasteiger partial charge on any atom is 0.573 e. The first kappa shape index (κ1) is 16.2. The van der Waals surface area contributed by atoms with Crippen LogP contribution < -0.4 is 9.47 Å². The van der Waals surface area contributed by atoms with Crippen LogP contribution in [-0.4, -0.2) is 13.0 Å². The van der Waals surface area contributed by atoms with E-state index in [0.29, 0.717) is 0 Å². The Bertz CT molecular complexity index is 455. The summed E-state index contributed by atoms with van der Waals surface area (Å²) in [6.45, 7) is 1.13. The normalized spacial score (nSPS) is 12.4. The molecule has 0 aliphatic rings. The summed E-state index contributed by atoms with van der Waals surface area (Å²) < 4.78 is 82.8. The second-order valence-corrected chi connectivity index (χ2v) is 4.39. The summed E-state index contributed by atoms with van der Waals surface area (Å²) in [5.74, 6) is -1.97. The van der Waals surface area contributed by atoms with Gasteiger partial charge in [-0.15, -0.1) is 13.2 Å². The van der Waals surface area contributed by atoms with Crippen LogP contribution >= 0.6 is 22.6 Å². The molecule has 1 rings (SSSR count). The molecular weight excluding hydrogens is 393 g/mol. The minimum absolute atomic E-state index is 0.225. The van der Waals surface area contributed by atoms with E-state index in [2.05, 4.69) is 9.47 Å². The van der Waals surface area contributed by atoms with Crippen molar-refractivity contribution < 1.29 is 35.8 Å². The minimum Gasteiger partial charge on any atom is -0.489 e. The van der Waals surface area contributed by atoms with Crippen LogP contribution in [0.2, 0.25) is 0 Å². The SMILES string of the molecule is CCOc1c(OC(F)(F)F)ccc(I)c1C(F)(F)F. The first-order valence-corrected chi connectivity index (χ1v) is 5.92. The minimum atomic E-state index is -5.10. The molecule has 9 heteroatoms. The van der Waals surface area contributed by atoms with Crippen molar-refractivity contribution in [2.24, 2.45) is 0 Å². The summed E-state index contributed by atoms with van der Waals surface area (Å²) in [7, 11) is 0. The van der Waals surface area contributed by atoms with Gasteiger partial charge >= 0.3 is 12.5 Å². The van der Waals surface area contributed by atoms with Crippen LogP contribution in [-0.2, 0) is 6.18 Å². The molecule has 0 aromatic heterocycles. The van der Waals surface area contributed by atoms with Crippen molar-refractivity contribution in [3.05, 3.63) is 21.3 Å². The molecule has 0 fully saturated rings. The average Bonchev–Trinajstić information content (AvgIpc) is 2.19. The second-order valence-electron chi connectivity index (χ2n) is 3.23. The Balaban J connectivity index is 3.41. The fourth-order valence-electron chi connectivity index (χ4n) is 1.30. The number of halogens is 7. The maximum atomic E-state index is 12.8. The highest BCUT2D eigenvalue weighted by molar-refractivity contribution is 14.1. The van der Waals surface area contributed by atoms with Gasteiger partial charge in [-0.25, -0.2) is 0 Å². The first-order valence-electron chi connectivity index (χ1n) is 4.84. The van der Waals surface area contributed by atoms with Gasteiger partial charge in [-0.3, -0.25) is 0 Å². The molecular formula is C10H7F6IO2. The summed E-state index contributed by atoms with van der Waals surface area (Å²) in [5.41, 5.74) is -1.28. The third-order valence-corrected chi connectivity index (χ3v) is 2.77. The van der Waals surface area contributed by atoms with Crippen LogP contribution in [0, 0.1) is 3.57 Å². The average molecular weight is 400 g/mol. The molecule has 0 aliphatic carbocycles. The fourth-order valence-corrected chi connectivity index (χ4v) is 2.03. The summed E-state index contributed by atoms with van der Waals surface area (Å²) in [6.07, 6.45) is -9.94. The number of alkyl halides is 6. The van der Waals surface area contributed by atoms with E-state index in [9.17, 15) is 26.3 Å². The highest BCUT2D eigenvalue weighted by Crippen LogP contribution is 2.45. The molecule has 19 heavy (non-hydrogen) atoms. The van der Waals surface area contributed by atoms with Gasteiger partial charge in [0.25, 0.3) is 0 Å². The molecule has 0 aliphatic heterocycles. The van der Waals surface area contributed by atoms with Gasteiger partial charge in [-0.05, 0) is 41.6 Å². The molecule has 0 atom stereocenters. The van der Waals surface area contributed by atoms with E-state index in [1.165, 1.54) is 29.5 Å². The zero-order chi connectivity index (χ0) is 14.8. The smallest absolute Gasteiger partial charge is 0.489 e. The van der Waals surface area contributed by atoms with Crippen molar-refractivity contribution in [2.75, 3.05) is 6.61 Å². The van der Waals surface area contributed by atoms with E-state index in [4.69, 9.17) is 0 Å². The van der Waals surface area contributed by atoms with Gasteiger partial charge in [0.1, 0.15) is 5.56 Å². The molecule has 0 heterocycles. The first-order chi connectivity index (χ1) is 8.56. The lowest BCUT2D eigenvalue weighted by Gasteiger charge is -2.19. The zero-order valence-corrected chi connectivity index (χ0v) is 11.5. The van der Waals surface area contributed by atoms with Crippen molar-refractivity contribution in [3.63, 3.8) is 0 Å². The Morgan fingerprint density at radius 1 is 1.11 bits per heavy atom. The Morgan fingerprint density at radius 2 is 1.68 bits per heavy atom. The molecule has 0 radical (unpaired) electrons. The van der Waals surface area contributed by atoms with Crippen LogP contribution in [0.15, 0.2) is 12.1 Å². The Morgan fingerprint density at radius 3 is 2.11 bits per heavy atom. The van der Waals surface area contributed by atoms with Crippen molar-refractivity contribution >= 4 is 22.6 Å². The van der Waals surface area contributed by atoms with Gasteiger partial charge in [0.05, 0.1) is 6.61 Å². The Hall–Kier alpha value is -0.870. The molecule has 1 aromatic carbocycles. The molecule has 0 saturated carbocycles. The molecule has 2 nitrogen and oxygen atoms in total. The topological polar surface area (TPSA) is 18.5 Å². The standard InChI is InChI=1S/C10H7F6IO2/c1-2-18-8-6(19-10(14,15)16)4-3-5(17)7(8)9(11,12)13/h3-4H,2H2,1H3. The number of rotatable bonds is 3. The molecule has 0 bridgehead atoms. The number of hydrogen-bond acceptors (Lipinski definition) is 2. The molecule has 108 valence electrons. The molecule has 0 saturated heterocycles. The Labute approximate surface area is 117 Å². The van der Waals surface area contributed by atoms with Crippen LogP contribution in [0.25, 0.3) is 0 Å². The maximum absolute atomic E-state index is 12.8. The van der Waals surface area contributed by atoms with Crippen molar-refractivity contribution in [1.29, 1.82) is 0 Å². The van der Waals surface area contributed by atoms with E-state index < -0.39 is 29.6 Å². The highest BCUT2D eigenvalue weighted by atomic mass is 127. The van der Waals surface area contributed by atoms with Gasteiger partial charge in [-0.1, -0.05) is 0 Å². The van der Waals surface area contributed by atoms with Crippen LogP contribution in [0.5, 0.6) is 11.5 Å². The van der Waals surface area contributed by atoms with Crippen LogP contribution in [0.4, 0.5) is 26.3 Å². The van der Waals surface area contributed by atoms with Crippen molar-refractivity contribution in [2.45, 2.75) is 19.5 Å². The summed E-state index contributed by atoms with van der Waals surface area (Å²) in [5, 5.41) is 0. The van der Waals surface area contributed by atoms with E-state index in [1.54, 1.807) is 0 Å². The second kappa shape index (κ2) is 5.63. The van der Waals surface area contributed by atoms with Gasteiger partial charge in [-0.2, -0.15) is 13.2 Å². The molecule has 0 unspecified atom stereocenters. The number of benzene rings is 1. The third-order valence-electron chi connectivity index (χ3n) is 1.87. The van der Waals surface area contributed by atoms with Crippen molar-refractivity contribution in [1.82, 2.24) is 0 Å². The van der Waals surface area contributed by atoms with Crippen LogP contribution in [0.1, 0.15) is 12.5 Å². The molecule has 0 N–H and O–H groups in total. The van der Waals surface area contributed by atoms with E-state index >= 15 is 0 Å². The number of ether oxygens (including phenoxy) is 2. The van der Waals surface area contributed by atoms with Gasteiger partial charge in [0.15, 0.2) is 11.5 Å². The monoisotopic (exact) mass is 400 g/mol. The largest absolute Gasteiger partial charge is 0.573 e. The number of hydrogen-bond donors (Lipinski definition) is 0. The Kier molecular flexibility index (Phi) is 4.80. The third kappa shape index (κ3) is 4.32. The highest BCUT2D eigenvalue weighted by Gasteiger charge is 2.40. The zero-order valence-electron chi connectivity index (χ0n) is 9.32. The summed E-state index contributed by atoms with van der Waals surface area (Å²) in [4.78, 5) is 0.